The molecule has 0 atom stereocenters. The first-order chi connectivity index (χ1) is 6.43. The second-order valence-electron chi connectivity index (χ2n) is 4.23. The highest BCUT2D eigenvalue weighted by Crippen LogP contribution is 2.23. The number of rotatable bonds is 2. The Labute approximate surface area is 83.7 Å². The zero-order valence-corrected chi connectivity index (χ0v) is 9.05. The van der Waals surface area contributed by atoms with Crippen LogP contribution in [0.2, 0.25) is 0 Å². The minimum atomic E-state index is -0.0680. The molecule has 78 valence electrons. The Morgan fingerprint density at radius 3 is 2.64 bits per heavy atom. The highest BCUT2D eigenvalue weighted by molar-refractivity contribution is 5.89. The average molecular weight is 196 g/mol. The van der Waals surface area contributed by atoms with Crippen LogP contribution in [0.25, 0.3) is 0 Å². The van der Waals surface area contributed by atoms with Crippen molar-refractivity contribution in [2.45, 2.75) is 39.5 Å². The number of hydrogen-bond acceptors (Lipinski definition) is 3. The lowest BCUT2D eigenvalue weighted by Crippen LogP contribution is -2.11. The van der Waals surface area contributed by atoms with E-state index in [2.05, 4.69) is 10.5 Å². The molecular formula is C10H16N2O2. The molecule has 1 rings (SSSR count). The van der Waals surface area contributed by atoms with Gasteiger partial charge in [0.1, 0.15) is 0 Å². The molecule has 0 aromatic carbocycles. The van der Waals surface area contributed by atoms with Crippen LogP contribution in [-0.4, -0.2) is 11.1 Å². The summed E-state index contributed by atoms with van der Waals surface area (Å²) in [6, 6.07) is 1.76. The molecule has 4 heteroatoms. The third-order valence-electron chi connectivity index (χ3n) is 1.86. The molecule has 4 nitrogen and oxygen atoms in total. The van der Waals surface area contributed by atoms with Crippen molar-refractivity contribution in [2.24, 2.45) is 0 Å². The van der Waals surface area contributed by atoms with E-state index in [9.17, 15) is 4.79 Å². The molecule has 0 unspecified atom stereocenters. The monoisotopic (exact) mass is 196 g/mol. The summed E-state index contributed by atoms with van der Waals surface area (Å²) in [5.74, 6) is 0.350. The van der Waals surface area contributed by atoms with E-state index in [1.807, 2.05) is 20.8 Å². The van der Waals surface area contributed by atoms with Crippen LogP contribution in [0.15, 0.2) is 10.6 Å². The molecule has 0 saturated carbocycles. The lowest BCUT2D eigenvalue weighted by atomic mass is 9.92. The van der Waals surface area contributed by atoms with E-state index in [1.54, 1.807) is 13.0 Å². The normalized spacial score (nSPS) is 11.4. The van der Waals surface area contributed by atoms with Gasteiger partial charge in [-0.3, -0.25) is 10.1 Å². The molecule has 0 aliphatic carbocycles. The zero-order chi connectivity index (χ0) is 10.8. The lowest BCUT2D eigenvalue weighted by Gasteiger charge is -2.12. The van der Waals surface area contributed by atoms with Crippen LogP contribution in [0, 0.1) is 0 Å². The average Bonchev–Trinajstić information content (AvgIpc) is 2.51. The zero-order valence-electron chi connectivity index (χ0n) is 9.05. The second-order valence-corrected chi connectivity index (χ2v) is 4.23. The molecule has 0 spiro atoms. The summed E-state index contributed by atoms with van der Waals surface area (Å²) in [6.45, 7) is 7.90. The Balaban J connectivity index is 2.74. The van der Waals surface area contributed by atoms with E-state index in [0.717, 1.165) is 5.69 Å². The van der Waals surface area contributed by atoms with Crippen molar-refractivity contribution in [3.8, 4) is 0 Å². The van der Waals surface area contributed by atoms with E-state index in [4.69, 9.17) is 4.52 Å². The summed E-state index contributed by atoms with van der Waals surface area (Å²) >= 11 is 0. The molecule has 1 heterocycles. The van der Waals surface area contributed by atoms with Gasteiger partial charge in [-0.1, -0.05) is 32.9 Å². The van der Waals surface area contributed by atoms with Crippen LogP contribution >= 0.6 is 0 Å². The van der Waals surface area contributed by atoms with Crippen molar-refractivity contribution < 1.29 is 9.32 Å². The van der Waals surface area contributed by atoms with Gasteiger partial charge in [-0.15, -0.1) is 0 Å². The van der Waals surface area contributed by atoms with Gasteiger partial charge in [-0.25, -0.2) is 0 Å². The number of carbonyl (C=O) groups is 1. The number of amides is 1. The smallest absolute Gasteiger partial charge is 0.231 e. The number of anilines is 1. The molecule has 1 aromatic rings. The summed E-state index contributed by atoms with van der Waals surface area (Å²) < 4.78 is 4.98. The summed E-state index contributed by atoms with van der Waals surface area (Å²) in [5, 5.41) is 6.50. The van der Waals surface area contributed by atoms with Gasteiger partial charge in [0.05, 0.1) is 5.69 Å². The highest BCUT2D eigenvalue weighted by atomic mass is 16.5. The quantitative estimate of drug-likeness (QED) is 0.789. The maximum absolute atomic E-state index is 11.0. The molecule has 1 amide bonds. The lowest BCUT2D eigenvalue weighted by molar-refractivity contribution is -0.116. The second kappa shape index (κ2) is 3.82. The van der Waals surface area contributed by atoms with Crippen LogP contribution in [0.3, 0.4) is 0 Å². The number of aromatic nitrogens is 1. The van der Waals surface area contributed by atoms with Crippen molar-refractivity contribution in [2.75, 3.05) is 5.32 Å². The van der Waals surface area contributed by atoms with Gasteiger partial charge in [0, 0.05) is 17.9 Å². The van der Waals surface area contributed by atoms with Crippen molar-refractivity contribution in [3.05, 3.63) is 11.8 Å². The van der Waals surface area contributed by atoms with Crippen LogP contribution in [0.5, 0.6) is 0 Å². The topological polar surface area (TPSA) is 55.1 Å². The molecule has 1 aromatic heterocycles. The van der Waals surface area contributed by atoms with E-state index >= 15 is 0 Å². The van der Waals surface area contributed by atoms with Gasteiger partial charge in [-0.2, -0.15) is 0 Å². The standard InChI is InChI=1S/C10H16N2O2/c1-5-8(13)11-9-6-7(12-14-9)10(2,3)4/h6H,5H2,1-4H3,(H,11,13). The molecule has 0 aliphatic rings. The summed E-state index contributed by atoms with van der Waals surface area (Å²) in [4.78, 5) is 11.0. The van der Waals surface area contributed by atoms with Crippen LogP contribution in [-0.2, 0) is 10.2 Å². The highest BCUT2D eigenvalue weighted by Gasteiger charge is 2.19. The largest absolute Gasteiger partial charge is 0.338 e. The summed E-state index contributed by atoms with van der Waals surface area (Å²) in [5.41, 5.74) is 0.780. The Hall–Kier alpha value is -1.32. The van der Waals surface area contributed by atoms with E-state index in [0.29, 0.717) is 12.3 Å². The number of carbonyl (C=O) groups excluding carboxylic acids is 1. The summed E-state index contributed by atoms with van der Waals surface area (Å²) in [6.07, 6.45) is 0.436. The molecule has 14 heavy (non-hydrogen) atoms. The van der Waals surface area contributed by atoms with E-state index in [-0.39, 0.29) is 11.3 Å². The first-order valence-corrected chi connectivity index (χ1v) is 4.70. The minimum Gasteiger partial charge on any atom is -0.338 e. The van der Waals surface area contributed by atoms with E-state index < -0.39 is 0 Å². The first kappa shape index (κ1) is 10.8. The molecule has 1 N–H and O–H groups in total. The van der Waals surface area contributed by atoms with Crippen molar-refractivity contribution >= 4 is 11.8 Å². The van der Waals surface area contributed by atoms with Crippen molar-refractivity contribution in [1.29, 1.82) is 0 Å². The Kier molecular flexibility index (Phi) is 2.93. The molecule has 0 aliphatic heterocycles. The van der Waals surface area contributed by atoms with Gasteiger partial charge < -0.3 is 4.52 Å². The van der Waals surface area contributed by atoms with Crippen molar-refractivity contribution in [3.63, 3.8) is 0 Å². The SMILES string of the molecule is CCC(=O)Nc1cc(C(C)(C)C)no1. The number of nitrogens with one attached hydrogen (secondary N) is 1. The molecule has 0 saturated heterocycles. The van der Waals surface area contributed by atoms with Gasteiger partial charge in [0.25, 0.3) is 0 Å². The van der Waals surface area contributed by atoms with E-state index in [1.165, 1.54) is 0 Å². The molecule has 0 bridgehead atoms. The fraction of sp³-hybridized carbons (Fsp3) is 0.600. The molecule has 0 fully saturated rings. The third-order valence-corrected chi connectivity index (χ3v) is 1.86. The van der Waals surface area contributed by atoms with Crippen LogP contribution in [0.1, 0.15) is 39.8 Å². The molecular weight excluding hydrogens is 180 g/mol. The third kappa shape index (κ3) is 2.58. The molecule has 0 radical (unpaired) electrons. The van der Waals surface area contributed by atoms with Crippen LogP contribution < -0.4 is 5.32 Å². The fourth-order valence-electron chi connectivity index (χ4n) is 0.913. The Morgan fingerprint density at radius 1 is 1.57 bits per heavy atom. The maximum atomic E-state index is 11.0. The van der Waals surface area contributed by atoms with Gasteiger partial charge in [0.15, 0.2) is 0 Å². The van der Waals surface area contributed by atoms with Crippen LogP contribution in [0.4, 0.5) is 5.88 Å². The minimum absolute atomic E-state index is 0.0569. The summed E-state index contributed by atoms with van der Waals surface area (Å²) in [7, 11) is 0. The Bertz CT molecular complexity index is 323. The predicted octanol–water partition coefficient (Wildman–Crippen LogP) is 2.32. The number of hydrogen-bond donors (Lipinski definition) is 1. The van der Waals surface area contributed by atoms with Gasteiger partial charge >= 0.3 is 0 Å². The maximum Gasteiger partial charge on any atom is 0.231 e. The Morgan fingerprint density at radius 2 is 2.21 bits per heavy atom. The van der Waals surface area contributed by atoms with Gasteiger partial charge in [0.2, 0.25) is 11.8 Å². The predicted molar refractivity (Wildman–Crippen MR) is 54.1 cm³/mol. The van der Waals surface area contributed by atoms with Gasteiger partial charge in [-0.05, 0) is 0 Å². The van der Waals surface area contributed by atoms with Crippen molar-refractivity contribution in [1.82, 2.24) is 5.16 Å². The first-order valence-electron chi connectivity index (χ1n) is 4.70. The fourth-order valence-corrected chi connectivity index (χ4v) is 0.913. The number of nitrogens with zero attached hydrogens (tertiary/aromatic N) is 1.